The summed E-state index contributed by atoms with van der Waals surface area (Å²) in [5, 5.41) is 21.2. The molecule has 1 aromatic carbocycles. The standard InChI is InChI=1S/C20H18FN5O3/c1-11-14(20(28)25-16-4-2-3-13(8-23)19(11)16)6-18(27)24-9-17-15(21)5-12(7-22)10-26(17)29/h2-4,12,15,17H,5-6,9-10H2,1H3,(H-,24,25,27,28)/p+1. The van der Waals surface area contributed by atoms with Crippen molar-refractivity contribution in [2.24, 2.45) is 5.92 Å². The number of fused-ring (bicyclic) bond motifs is 1. The van der Waals surface area contributed by atoms with Crippen LogP contribution >= 0.6 is 0 Å². The fraction of sp³-hybridized carbons (Fsp3) is 0.400. The number of halogens is 1. The van der Waals surface area contributed by atoms with Gasteiger partial charge in [-0.1, -0.05) is 6.07 Å². The van der Waals surface area contributed by atoms with Crippen LogP contribution in [0.2, 0.25) is 0 Å². The highest BCUT2D eigenvalue weighted by Gasteiger charge is 2.43. The van der Waals surface area contributed by atoms with Crippen LogP contribution in [0.25, 0.3) is 10.9 Å². The van der Waals surface area contributed by atoms with Crippen molar-refractivity contribution in [1.29, 1.82) is 10.5 Å². The molecule has 3 unspecified atom stereocenters. The van der Waals surface area contributed by atoms with Crippen molar-refractivity contribution in [3.63, 3.8) is 0 Å². The molecule has 1 aliphatic rings. The first-order valence-corrected chi connectivity index (χ1v) is 9.14. The number of nitrogens with one attached hydrogen (secondary N) is 2. The zero-order valence-corrected chi connectivity index (χ0v) is 15.7. The largest absolute Gasteiger partial charge is 0.349 e. The first-order chi connectivity index (χ1) is 13.8. The number of nitrogens with zero attached hydrogens (tertiary/aromatic N) is 3. The van der Waals surface area contributed by atoms with Crippen molar-refractivity contribution < 1.29 is 13.9 Å². The van der Waals surface area contributed by atoms with E-state index in [1.807, 2.05) is 6.07 Å². The lowest BCUT2D eigenvalue weighted by Crippen LogP contribution is -2.49. The van der Waals surface area contributed by atoms with Gasteiger partial charge in [-0.05, 0) is 24.6 Å². The summed E-state index contributed by atoms with van der Waals surface area (Å²) < 4.78 is 14.7. The van der Waals surface area contributed by atoms with Crippen molar-refractivity contribution in [1.82, 2.24) is 10.3 Å². The molecule has 29 heavy (non-hydrogen) atoms. The molecule has 148 valence electrons. The normalized spacial score (nSPS) is 21.4. The number of carbonyl (C=O) groups is 1. The van der Waals surface area contributed by atoms with E-state index < -0.39 is 29.6 Å². The minimum atomic E-state index is -1.52. The average Bonchev–Trinajstić information content (AvgIpc) is 2.69. The highest BCUT2D eigenvalue weighted by atomic mass is 19.1. The second-order valence-corrected chi connectivity index (χ2v) is 7.12. The highest BCUT2D eigenvalue weighted by Crippen LogP contribution is 2.22. The number of pyridine rings is 1. The number of aryl methyl sites for hydroxylation is 1. The molecule has 2 heterocycles. The van der Waals surface area contributed by atoms with E-state index in [4.69, 9.17) is 5.26 Å². The van der Waals surface area contributed by atoms with Gasteiger partial charge < -0.3 is 10.3 Å². The predicted octanol–water partition coefficient (Wildman–Crippen LogP) is 1.40. The summed E-state index contributed by atoms with van der Waals surface area (Å²) in [6.07, 6.45) is -1.83. The number of alkyl halides is 1. The van der Waals surface area contributed by atoms with Crippen molar-refractivity contribution in [2.45, 2.75) is 32.0 Å². The van der Waals surface area contributed by atoms with Gasteiger partial charge in [0.15, 0.2) is 6.17 Å². The second-order valence-electron chi connectivity index (χ2n) is 7.12. The number of carbonyl (C=O) groups excluding carboxylic acids is 1. The molecule has 1 fully saturated rings. The fourth-order valence-electron chi connectivity index (χ4n) is 3.69. The number of aromatic amines is 1. The maximum absolute atomic E-state index is 14.2. The highest BCUT2D eigenvalue weighted by molar-refractivity contribution is 5.90. The van der Waals surface area contributed by atoms with Crippen molar-refractivity contribution in [3.8, 4) is 12.1 Å². The molecular formula is C20H19FN5O3+. The van der Waals surface area contributed by atoms with Crippen LogP contribution in [0.1, 0.15) is 23.1 Å². The molecule has 9 heteroatoms. The van der Waals surface area contributed by atoms with E-state index in [0.717, 1.165) is 0 Å². The van der Waals surface area contributed by atoms with Gasteiger partial charge in [-0.2, -0.15) is 10.5 Å². The molecule has 0 radical (unpaired) electrons. The Labute approximate surface area is 165 Å². The third-order valence-electron chi connectivity index (χ3n) is 5.26. The number of H-pyrrole nitrogens is 1. The molecule has 3 atom stereocenters. The van der Waals surface area contributed by atoms with Crippen LogP contribution in [0.15, 0.2) is 23.0 Å². The summed E-state index contributed by atoms with van der Waals surface area (Å²) in [5.41, 5.74) is 1.19. The lowest BCUT2D eigenvalue weighted by atomic mass is 9.94. The minimum absolute atomic E-state index is 0.0455. The molecule has 0 bridgehead atoms. The van der Waals surface area contributed by atoms with E-state index in [9.17, 15) is 24.1 Å². The van der Waals surface area contributed by atoms with Gasteiger partial charge in [-0.3, -0.25) is 9.59 Å². The molecule has 2 aromatic rings. The summed E-state index contributed by atoms with van der Waals surface area (Å²) >= 11 is 0. The van der Waals surface area contributed by atoms with Gasteiger partial charge >= 0.3 is 0 Å². The maximum atomic E-state index is 14.2. The summed E-state index contributed by atoms with van der Waals surface area (Å²) in [7, 11) is 0. The first kappa shape index (κ1) is 20.2. The van der Waals surface area contributed by atoms with E-state index >= 15 is 0 Å². The second kappa shape index (κ2) is 8.19. The van der Waals surface area contributed by atoms with Crippen LogP contribution in [0.4, 0.5) is 4.39 Å². The Bertz CT molecular complexity index is 1130. The number of piperidine rings is 1. The summed E-state index contributed by atoms with van der Waals surface area (Å²) in [5.74, 6) is -1.20. The monoisotopic (exact) mass is 396 g/mol. The number of aromatic nitrogens is 1. The number of rotatable bonds is 4. The fourth-order valence-corrected chi connectivity index (χ4v) is 3.69. The van der Waals surface area contributed by atoms with Gasteiger partial charge in [0.1, 0.15) is 5.92 Å². The van der Waals surface area contributed by atoms with Crippen LogP contribution in [0, 0.1) is 40.4 Å². The van der Waals surface area contributed by atoms with Gasteiger partial charge in [0.25, 0.3) is 5.56 Å². The Balaban J connectivity index is 1.76. The Hall–Kier alpha value is -3.59. The van der Waals surface area contributed by atoms with Gasteiger partial charge in [-0.15, -0.1) is 0 Å². The van der Waals surface area contributed by atoms with Gasteiger partial charge in [0.2, 0.25) is 18.5 Å². The Morgan fingerprint density at radius 1 is 1.41 bits per heavy atom. The predicted molar refractivity (Wildman–Crippen MR) is 102 cm³/mol. The molecule has 1 amide bonds. The van der Waals surface area contributed by atoms with E-state index in [1.54, 1.807) is 25.1 Å². The summed E-state index contributed by atoms with van der Waals surface area (Å²) in [4.78, 5) is 39.4. The van der Waals surface area contributed by atoms with E-state index in [-0.39, 0.29) is 31.5 Å². The number of hydrogen-bond donors (Lipinski definition) is 2. The van der Waals surface area contributed by atoms with Gasteiger partial charge in [0, 0.05) is 32.6 Å². The van der Waals surface area contributed by atoms with Gasteiger partial charge in [0.05, 0.1) is 30.7 Å². The summed E-state index contributed by atoms with van der Waals surface area (Å²) in [6, 6.07) is 7.85. The van der Waals surface area contributed by atoms with Crippen molar-refractivity contribution in [2.75, 3.05) is 13.1 Å². The van der Waals surface area contributed by atoms with Crippen molar-refractivity contribution >= 4 is 16.8 Å². The lowest BCUT2D eigenvalue weighted by molar-refractivity contribution is -0.605. The zero-order valence-electron chi connectivity index (χ0n) is 15.7. The van der Waals surface area contributed by atoms with E-state index in [2.05, 4.69) is 16.4 Å². The Morgan fingerprint density at radius 3 is 2.83 bits per heavy atom. The van der Waals surface area contributed by atoms with Crippen LogP contribution in [0.3, 0.4) is 0 Å². The molecule has 0 aliphatic carbocycles. The van der Waals surface area contributed by atoms with E-state index in [1.165, 1.54) is 0 Å². The number of hydrogen-bond acceptors (Lipinski definition) is 5. The quantitative estimate of drug-likeness (QED) is 0.755. The third kappa shape index (κ3) is 3.99. The average molecular weight is 396 g/mol. The first-order valence-electron chi connectivity index (χ1n) is 9.14. The number of nitroso groups, excluding NO2 is 1. The van der Waals surface area contributed by atoms with Crippen LogP contribution in [-0.2, 0) is 11.2 Å². The zero-order chi connectivity index (χ0) is 21.1. The van der Waals surface area contributed by atoms with Gasteiger partial charge in [-0.25, -0.2) is 4.39 Å². The Kier molecular flexibility index (Phi) is 5.69. The molecule has 3 rings (SSSR count). The number of benzene rings is 1. The lowest BCUT2D eigenvalue weighted by Gasteiger charge is -2.21. The molecular weight excluding hydrogens is 377 g/mol. The maximum Gasteiger partial charge on any atom is 0.252 e. The SMILES string of the molecule is Cc1c(CC(=O)NCC2C(F)CC(C#N)C[N+]2=O)c(=O)[nH]c2cccc(C#N)c12. The molecule has 8 nitrogen and oxygen atoms in total. The van der Waals surface area contributed by atoms with Crippen LogP contribution in [0.5, 0.6) is 0 Å². The third-order valence-corrected chi connectivity index (χ3v) is 5.26. The molecule has 0 saturated carbocycles. The Morgan fingerprint density at radius 2 is 2.17 bits per heavy atom. The number of amides is 1. The van der Waals surface area contributed by atoms with Crippen molar-refractivity contribution in [3.05, 3.63) is 50.2 Å². The molecule has 2 N–H and O–H groups in total. The van der Waals surface area contributed by atoms with E-state index in [0.29, 0.717) is 26.8 Å². The molecule has 0 spiro atoms. The molecule has 1 aliphatic heterocycles. The molecule has 1 saturated heterocycles. The number of nitriles is 2. The van der Waals surface area contributed by atoms with Crippen LogP contribution in [-0.4, -0.2) is 41.0 Å². The molecule has 1 aromatic heterocycles. The minimum Gasteiger partial charge on any atom is -0.349 e. The van der Waals surface area contributed by atoms with Crippen LogP contribution < -0.4 is 10.9 Å². The topological polar surface area (TPSA) is 130 Å². The summed E-state index contributed by atoms with van der Waals surface area (Å²) in [6.45, 7) is 1.36. The smallest absolute Gasteiger partial charge is 0.252 e.